The number of ether oxygens (including phenoxy) is 1. The lowest BCUT2D eigenvalue weighted by molar-refractivity contribution is 0.397. The molecule has 1 aromatic heterocycles. The first-order valence-corrected chi connectivity index (χ1v) is 6.15. The highest BCUT2D eigenvalue weighted by Gasteiger charge is 2.41. The molecule has 5 heteroatoms. The van der Waals surface area contributed by atoms with Crippen molar-refractivity contribution in [1.82, 2.24) is 9.97 Å². The molecule has 0 bridgehead atoms. The van der Waals surface area contributed by atoms with Crippen LogP contribution < -0.4 is 10.1 Å². The van der Waals surface area contributed by atoms with Crippen molar-refractivity contribution in [2.75, 3.05) is 25.2 Å². The van der Waals surface area contributed by atoms with Gasteiger partial charge in [0.15, 0.2) is 0 Å². The van der Waals surface area contributed by atoms with E-state index < -0.39 is 0 Å². The Morgan fingerprint density at radius 1 is 1.53 bits per heavy atom. The van der Waals surface area contributed by atoms with Gasteiger partial charge in [0.25, 0.3) is 0 Å². The number of hydrogen-bond donors (Lipinski definition) is 1. The molecule has 0 amide bonds. The van der Waals surface area contributed by atoms with Gasteiger partial charge in [0.1, 0.15) is 12.1 Å². The third-order valence-corrected chi connectivity index (χ3v) is 4.10. The number of hydrogen-bond acceptors (Lipinski definition) is 5. The largest absolute Gasteiger partial charge is 0.481 e. The number of anilines is 1. The number of aromatic nitrogens is 2. The van der Waals surface area contributed by atoms with Gasteiger partial charge in [-0.25, -0.2) is 9.97 Å². The quantitative estimate of drug-likeness (QED) is 0.828. The van der Waals surface area contributed by atoms with Crippen LogP contribution in [0.1, 0.15) is 12.8 Å². The molecule has 1 heterocycles. The maximum Gasteiger partial charge on any atom is 0.218 e. The molecule has 0 radical (unpaired) electrons. The highest BCUT2D eigenvalue weighted by Crippen LogP contribution is 2.46. The van der Waals surface area contributed by atoms with Crippen molar-refractivity contribution in [2.45, 2.75) is 17.6 Å². The fraction of sp³-hybridized carbons (Fsp3) is 0.600. The molecule has 1 aliphatic carbocycles. The minimum Gasteiger partial charge on any atom is -0.481 e. The maximum atomic E-state index is 5.03. The van der Waals surface area contributed by atoms with Gasteiger partial charge in [0, 0.05) is 17.4 Å². The van der Waals surface area contributed by atoms with Crippen LogP contribution in [0.15, 0.2) is 12.4 Å². The first kappa shape index (κ1) is 10.5. The summed E-state index contributed by atoms with van der Waals surface area (Å²) in [6.07, 6.45) is 6.27. The molecule has 1 saturated carbocycles. The highest BCUT2D eigenvalue weighted by atomic mass is 32.2. The Bertz CT molecular complexity index is 341. The molecule has 0 saturated heterocycles. The summed E-state index contributed by atoms with van der Waals surface area (Å²) in [6, 6.07) is 1.82. The Kier molecular flexibility index (Phi) is 3.00. The van der Waals surface area contributed by atoms with Crippen LogP contribution in [0.5, 0.6) is 5.88 Å². The van der Waals surface area contributed by atoms with E-state index in [1.54, 1.807) is 7.11 Å². The molecule has 0 atom stereocenters. The topological polar surface area (TPSA) is 47.0 Å². The Hall–Kier alpha value is -0.970. The summed E-state index contributed by atoms with van der Waals surface area (Å²) in [5, 5.41) is 3.32. The molecule has 0 unspecified atom stereocenters. The van der Waals surface area contributed by atoms with E-state index in [4.69, 9.17) is 4.74 Å². The van der Waals surface area contributed by atoms with E-state index in [9.17, 15) is 0 Å². The van der Waals surface area contributed by atoms with E-state index in [1.165, 1.54) is 19.2 Å². The van der Waals surface area contributed by atoms with Gasteiger partial charge in [-0.15, -0.1) is 0 Å². The van der Waals surface area contributed by atoms with Gasteiger partial charge in [0.05, 0.1) is 7.11 Å². The van der Waals surface area contributed by atoms with Crippen molar-refractivity contribution in [2.24, 2.45) is 0 Å². The second-order valence-corrected chi connectivity index (χ2v) is 4.96. The van der Waals surface area contributed by atoms with Gasteiger partial charge in [-0.2, -0.15) is 11.8 Å². The van der Waals surface area contributed by atoms with Gasteiger partial charge in [-0.1, -0.05) is 0 Å². The zero-order chi connectivity index (χ0) is 10.7. The molecule has 1 aliphatic rings. The average molecular weight is 225 g/mol. The van der Waals surface area contributed by atoms with Crippen molar-refractivity contribution in [3.05, 3.63) is 12.4 Å². The van der Waals surface area contributed by atoms with E-state index >= 15 is 0 Å². The predicted octanol–water partition coefficient (Wildman–Crippen LogP) is 1.79. The van der Waals surface area contributed by atoms with Gasteiger partial charge in [-0.05, 0) is 19.1 Å². The van der Waals surface area contributed by atoms with Gasteiger partial charge in [0.2, 0.25) is 5.88 Å². The number of thioether (sulfide) groups is 1. The lowest BCUT2D eigenvalue weighted by Crippen LogP contribution is -2.18. The number of nitrogens with one attached hydrogen (secondary N) is 1. The van der Waals surface area contributed by atoms with Crippen molar-refractivity contribution in [3.63, 3.8) is 0 Å². The van der Waals surface area contributed by atoms with E-state index in [0.717, 1.165) is 12.4 Å². The summed E-state index contributed by atoms with van der Waals surface area (Å²) >= 11 is 1.93. The normalized spacial score (nSPS) is 17.2. The SMILES string of the molecule is COc1cc(NCC2(SC)CC2)ncn1. The lowest BCUT2D eigenvalue weighted by Gasteiger charge is -2.13. The molecule has 2 rings (SSSR count). The fourth-order valence-electron chi connectivity index (χ4n) is 1.39. The predicted molar refractivity (Wildman–Crippen MR) is 62.6 cm³/mol. The minimum atomic E-state index is 0.443. The van der Waals surface area contributed by atoms with Crippen LogP contribution >= 0.6 is 11.8 Å². The summed E-state index contributed by atoms with van der Waals surface area (Å²) in [7, 11) is 1.61. The first-order valence-electron chi connectivity index (χ1n) is 4.93. The Morgan fingerprint density at radius 3 is 2.93 bits per heavy atom. The Balaban J connectivity index is 1.93. The number of rotatable bonds is 5. The second-order valence-electron chi connectivity index (χ2n) is 3.69. The zero-order valence-electron chi connectivity index (χ0n) is 8.99. The molecule has 1 aromatic rings. The summed E-state index contributed by atoms with van der Waals surface area (Å²) in [6.45, 7) is 0.967. The number of nitrogens with zero attached hydrogens (tertiary/aromatic N) is 2. The van der Waals surface area contributed by atoms with Gasteiger partial charge < -0.3 is 10.1 Å². The minimum absolute atomic E-state index is 0.443. The van der Waals surface area contributed by atoms with E-state index in [1.807, 2.05) is 17.8 Å². The monoisotopic (exact) mass is 225 g/mol. The molecule has 1 N–H and O–H groups in total. The molecule has 1 fully saturated rings. The Morgan fingerprint density at radius 2 is 2.33 bits per heavy atom. The standard InChI is InChI=1S/C10H15N3OS/c1-14-9-5-8(12-7-13-9)11-6-10(15-2)3-4-10/h5,7H,3-4,6H2,1-2H3,(H,11,12,13). The molecular weight excluding hydrogens is 210 g/mol. The summed E-state index contributed by atoms with van der Waals surface area (Å²) < 4.78 is 5.48. The average Bonchev–Trinajstić information content (AvgIpc) is 3.07. The molecule has 82 valence electrons. The first-order chi connectivity index (χ1) is 7.28. The van der Waals surface area contributed by atoms with Gasteiger partial charge >= 0.3 is 0 Å². The molecule has 15 heavy (non-hydrogen) atoms. The summed E-state index contributed by atoms with van der Waals surface area (Å²) in [4.78, 5) is 8.10. The van der Waals surface area contributed by atoms with Crippen molar-refractivity contribution >= 4 is 17.6 Å². The van der Waals surface area contributed by atoms with E-state index in [0.29, 0.717) is 10.6 Å². The maximum absolute atomic E-state index is 5.03. The molecule has 0 aromatic carbocycles. The van der Waals surface area contributed by atoms with Crippen LogP contribution in [0.2, 0.25) is 0 Å². The van der Waals surface area contributed by atoms with Crippen molar-refractivity contribution < 1.29 is 4.74 Å². The van der Waals surface area contributed by atoms with Crippen LogP contribution in [0.4, 0.5) is 5.82 Å². The lowest BCUT2D eigenvalue weighted by atomic mass is 10.4. The van der Waals surface area contributed by atoms with Crippen LogP contribution in [0, 0.1) is 0 Å². The van der Waals surface area contributed by atoms with Crippen molar-refractivity contribution in [1.29, 1.82) is 0 Å². The molecular formula is C10H15N3OS. The summed E-state index contributed by atoms with van der Waals surface area (Å²) in [5.74, 6) is 1.43. The third kappa shape index (κ3) is 2.53. The second kappa shape index (κ2) is 4.26. The third-order valence-electron chi connectivity index (χ3n) is 2.68. The van der Waals surface area contributed by atoms with Crippen molar-refractivity contribution in [3.8, 4) is 5.88 Å². The molecule has 0 aliphatic heterocycles. The van der Waals surface area contributed by atoms with Crippen LogP contribution in [-0.4, -0.2) is 34.6 Å². The van der Waals surface area contributed by atoms with Crippen LogP contribution in [-0.2, 0) is 0 Å². The zero-order valence-corrected chi connectivity index (χ0v) is 9.80. The molecule has 4 nitrogen and oxygen atoms in total. The van der Waals surface area contributed by atoms with E-state index in [-0.39, 0.29) is 0 Å². The van der Waals surface area contributed by atoms with E-state index in [2.05, 4.69) is 21.5 Å². The smallest absolute Gasteiger partial charge is 0.218 e. The molecule has 0 spiro atoms. The summed E-state index contributed by atoms with van der Waals surface area (Å²) in [5.41, 5.74) is 0. The Labute approximate surface area is 93.8 Å². The number of methoxy groups -OCH3 is 1. The highest BCUT2D eigenvalue weighted by molar-refractivity contribution is 8.00. The van der Waals surface area contributed by atoms with Gasteiger partial charge in [-0.3, -0.25) is 0 Å². The fourth-order valence-corrected chi connectivity index (χ4v) is 2.12. The van der Waals surface area contributed by atoms with Crippen LogP contribution in [0.25, 0.3) is 0 Å². The van der Waals surface area contributed by atoms with Crippen LogP contribution in [0.3, 0.4) is 0 Å².